The Morgan fingerprint density at radius 1 is 1.50 bits per heavy atom. The first kappa shape index (κ1) is 13.3. The van der Waals surface area contributed by atoms with Crippen LogP contribution in [-0.2, 0) is 4.74 Å². The average Bonchev–Trinajstić information content (AvgIpc) is 2.34. The van der Waals surface area contributed by atoms with Crippen molar-refractivity contribution in [3.05, 3.63) is 39.0 Å². The van der Waals surface area contributed by atoms with Crippen LogP contribution in [0.15, 0.2) is 22.8 Å². The Kier molecular flexibility index (Phi) is 3.88. The first-order chi connectivity index (χ1) is 8.56. The van der Waals surface area contributed by atoms with Gasteiger partial charge in [-0.3, -0.25) is 4.98 Å². The van der Waals surface area contributed by atoms with Crippen molar-refractivity contribution in [3.8, 4) is 0 Å². The number of hydrogen-bond donors (Lipinski definition) is 0. The molecule has 1 heterocycles. The van der Waals surface area contributed by atoms with Crippen molar-refractivity contribution in [2.24, 2.45) is 0 Å². The highest BCUT2D eigenvalue weighted by atomic mass is 79.9. The van der Waals surface area contributed by atoms with E-state index in [9.17, 15) is 4.79 Å². The summed E-state index contributed by atoms with van der Waals surface area (Å²) in [4.78, 5) is 16.1. The van der Waals surface area contributed by atoms with Crippen LogP contribution in [0.1, 0.15) is 22.8 Å². The lowest BCUT2D eigenvalue weighted by molar-refractivity contribution is 0.0525. The minimum absolute atomic E-state index is 0.324. The zero-order valence-electron chi connectivity index (χ0n) is 9.96. The van der Waals surface area contributed by atoms with E-state index in [1.165, 1.54) is 6.20 Å². The highest BCUT2D eigenvalue weighted by molar-refractivity contribution is 9.10. The van der Waals surface area contributed by atoms with E-state index in [0.717, 1.165) is 16.5 Å². The average molecular weight is 329 g/mol. The lowest BCUT2D eigenvalue weighted by Gasteiger charge is -2.09. The summed E-state index contributed by atoms with van der Waals surface area (Å²) in [6.07, 6.45) is 1.51. The second-order valence-corrected chi connectivity index (χ2v) is 4.99. The standard InChI is InChI=1S/C13H11BrClNO2/c1-3-18-13(17)8-6-16-12-7(2)4-5-9(15)10(12)11(8)14/h4-6H,3H2,1-2H3. The van der Waals surface area contributed by atoms with Crippen LogP contribution < -0.4 is 0 Å². The van der Waals surface area contributed by atoms with Crippen LogP contribution in [0.2, 0.25) is 5.02 Å². The fourth-order valence-electron chi connectivity index (χ4n) is 1.72. The number of hydrogen-bond acceptors (Lipinski definition) is 3. The number of rotatable bonds is 2. The molecule has 0 aliphatic heterocycles. The minimum Gasteiger partial charge on any atom is -0.462 e. The Hall–Kier alpha value is -1.13. The van der Waals surface area contributed by atoms with Gasteiger partial charge in [-0.25, -0.2) is 4.79 Å². The van der Waals surface area contributed by atoms with Crippen molar-refractivity contribution in [1.29, 1.82) is 0 Å². The third kappa shape index (κ3) is 2.22. The van der Waals surface area contributed by atoms with Crippen molar-refractivity contribution in [2.45, 2.75) is 13.8 Å². The van der Waals surface area contributed by atoms with Crippen LogP contribution >= 0.6 is 27.5 Å². The maximum atomic E-state index is 11.8. The van der Waals surface area contributed by atoms with Gasteiger partial charge in [-0.1, -0.05) is 17.7 Å². The third-order valence-electron chi connectivity index (χ3n) is 2.60. The summed E-state index contributed by atoms with van der Waals surface area (Å²) in [5, 5.41) is 1.29. The van der Waals surface area contributed by atoms with E-state index in [0.29, 0.717) is 21.7 Å². The Balaban J connectivity index is 2.71. The minimum atomic E-state index is -0.406. The predicted molar refractivity (Wildman–Crippen MR) is 75.1 cm³/mol. The van der Waals surface area contributed by atoms with Gasteiger partial charge in [0.15, 0.2) is 0 Å². The van der Waals surface area contributed by atoms with Gasteiger partial charge in [-0.2, -0.15) is 0 Å². The molecule has 0 fully saturated rings. The zero-order chi connectivity index (χ0) is 13.3. The maximum absolute atomic E-state index is 11.8. The number of benzene rings is 1. The molecule has 0 aliphatic carbocycles. The number of esters is 1. The Bertz CT molecular complexity index is 628. The zero-order valence-corrected chi connectivity index (χ0v) is 12.3. The van der Waals surface area contributed by atoms with E-state index < -0.39 is 5.97 Å². The lowest BCUT2D eigenvalue weighted by Crippen LogP contribution is -2.06. The molecule has 0 saturated carbocycles. The van der Waals surface area contributed by atoms with Crippen molar-refractivity contribution in [2.75, 3.05) is 6.61 Å². The summed E-state index contributed by atoms with van der Waals surface area (Å²) in [5.74, 6) is -0.406. The van der Waals surface area contributed by atoms with Gasteiger partial charge in [0.1, 0.15) is 0 Å². The van der Waals surface area contributed by atoms with Crippen LogP contribution in [-0.4, -0.2) is 17.6 Å². The fourth-order valence-corrected chi connectivity index (χ4v) is 2.74. The summed E-state index contributed by atoms with van der Waals surface area (Å²) in [7, 11) is 0. The number of ether oxygens (including phenoxy) is 1. The van der Waals surface area contributed by atoms with Crippen LogP contribution in [0.3, 0.4) is 0 Å². The molecule has 0 saturated heterocycles. The Morgan fingerprint density at radius 3 is 2.89 bits per heavy atom. The summed E-state index contributed by atoms with van der Waals surface area (Å²) in [6, 6.07) is 3.69. The molecule has 5 heteroatoms. The molecule has 18 heavy (non-hydrogen) atoms. The van der Waals surface area contributed by atoms with E-state index >= 15 is 0 Å². The molecule has 1 aromatic heterocycles. The van der Waals surface area contributed by atoms with Gasteiger partial charge < -0.3 is 4.74 Å². The lowest BCUT2D eigenvalue weighted by atomic mass is 10.1. The molecule has 94 valence electrons. The van der Waals surface area contributed by atoms with Gasteiger partial charge in [-0.15, -0.1) is 0 Å². The van der Waals surface area contributed by atoms with Gasteiger partial charge in [0.05, 0.1) is 22.7 Å². The van der Waals surface area contributed by atoms with Gasteiger partial charge in [0.25, 0.3) is 0 Å². The van der Waals surface area contributed by atoms with Gasteiger partial charge in [0, 0.05) is 16.1 Å². The first-order valence-corrected chi connectivity index (χ1v) is 6.63. The van der Waals surface area contributed by atoms with E-state index in [1.807, 2.05) is 13.0 Å². The molecule has 0 unspecified atom stereocenters. The van der Waals surface area contributed by atoms with Gasteiger partial charge >= 0.3 is 5.97 Å². The van der Waals surface area contributed by atoms with Crippen LogP contribution in [0.25, 0.3) is 10.9 Å². The topological polar surface area (TPSA) is 39.2 Å². The largest absolute Gasteiger partial charge is 0.462 e. The second-order valence-electron chi connectivity index (χ2n) is 3.79. The molecule has 3 nitrogen and oxygen atoms in total. The first-order valence-electron chi connectivity index (χ1n) is 5.46. The van der Waals surface area contributed by atoms with Crippen molar-refractivity contribution in [3.63, 3.8) is 0 Å². The van der Waals surface area contributed by atoms with Gasteiger partial charge in [0.2, 0.25) is 0 Å². The smallest absolute Gasteiger partial charge is 0.340 e. The molecule has 2 aromatic rings. The van der Waals surface area contributed by atoms with E-state index in [-0.39, 0.29) is 0 Å². The molecule has 0 atom stereocenters. The summed E-state index contributed by atoms with van der Waals surface area (Å²) in [5.41, 5.74) is 2.17. The molecule has 2 rings (SSSR count). The summed E-state index contributed by atoms with van der Waals surface area (Å²) < 4.78 is 5.60. The molecule has 0 aliphatic rings. The van der Waals surface area contributed by atoms with E-state index in [1.54, 1.807) is 13.0 Å². The summed E-state index contributed by atoms with van der Waals surface area (Å²) >= 11 is 9.58. The van der Waals surface area contributed by atoms with Crippen LogP contribution in [0, 0.1) is 6.92 Å². The predicted octanol–water partition coefficient (Wildman–Crippen LogP) is 4.14. The number of pyridine rings is 1. The van der Waals surface area contributed by atoms with E-state index in [4.69, 9.17) is 16.3 Å². The normalized spacial score (nSPS) is 10.7. The number of halogens is 2. The SMILES string of the molecule is CCOC(=O)c1cnc2c(C)ccc(Cl)c2c1Br. The number of carbonyl (C=O) groups is 1. The monoisotopic (exact) mass is 327 g/mol. The molecule has 0 bridgehead atoms. The van der Waals surface area contributed by atoms with Crippen molar-refractivity contribution >= 4 is 44.4 Å². The maximum Gasteiger partial charge on any atom is 0.340 e. The highest BCUT2D eigenvalue weighted by Crippen LogP contribution is 2.33. The van der Waals surface area contributed by atoms with Crippen molar-refractivity contribution in [1.82, 2.24) is 4.98 Å². The van der Waals surface area contributed by atoms with Gasteiger partial charge in [-0.05, 0) is 41.4 Å². The third-order valence-corrected chi connectivity index (χ3v) is 3.74. The van der Waals surface area contributed by atoms with E-state index in [2.05, 4.69) is 20.9 Å². The molecule has 0 spiro atoms. The molecular weight excluding hydrogens is 318 g/mol. The molecule has 0 radical (unpaired) electrons. The van der Waals surface area contributed by atoms with Crippen molar-refractivity contribution < 1.29 is 9.53 Å². The molecule has 0 amide bonds. The Morgan fingerprint density at radius 2 is 2.22 bits per heavy atom. The number of nitrogens with zero attached hydrogens (tertiary/aromatic N) is 1. The molecular formula is C13H11BrClNO2. The number of carbonyl (C=O) groups excluding carboxylic acids is 1. The highest BCUT2D eigenvalue weighted by Gasteiger charge is 2.17. The number of fused-ring (bicyclic) bond motifs is 1. The van der Waals surface area contributed by atoms with Crippen LogP contribution in [0.4, 0.5) is 0 Å². The second kappa shape index (κ2) is 5.24. The summed E-state index contributed by atoms with van der Waals surface area (Å²) in [6.45, 7) is 4.03. The Labute approximate surface area is 118 Å². The number of aryl methyl sites for hydroxylation is 1. The quantitative estimate of drug-likeness (QED) is 0.778. The fraction of sp³-hybridized carbons (Fsp3) is 0.231. The van der Waals surface area contributed by atoms with Crippen LogP contribution in [0.5, 0.6) is 0 Å². The number of aromatic nitrogens is 1. The molecule has 1 aromatic carbocycles. The molecule has 0 N–H and O–H groups in total.